The Morgan fingerprint density at radius 1 is 1.45 bits per heavy atom. The van der Waals surface area contributed by atoms with Gasteiger partial charge in [-0.25, -0.2) is 4.39 Å². The van der Waals surface area contributed by atoms with Crippen molar-refractivity contribution in [1.82, 2.24) is 5.32 Å². The van der Waals surface area contributed by atoms with Crippen LogP contribution in [0.15, 0.2) is 30.3 Å². The smallest absolute Gasteiger partial charge is 0.244 e. The molecule has 1 unspecified atom stereocenters. The molecule has 4 heteroatoms. The monoisotopic (exact) mass is 277 g/mol. The van der Waals surface area contributed by atoms with Gasteiger partial charge in [0.05, 0.1) is 12.1 Å². The van der Waals surface area contributed by atoms with Gasteiger partial charge in [-0.1, -0.05) is 12.1 Å². The minimum Gasteiger partial charge on any atom is -0.394 e. The molecule has 2 N–H and O–H groups in total. The molecule has 2 rings (SSSR count). The van der Waals surface area contributed by atoms with Gasteiger partial charge in [0.25, 0.3) is 0 Å². The molecule has 0 aromatic heterocycles. The van der Waals surface area contributed by atoms with E-state index in [2.05, 4.69) is 5.32 Å². The molecule has 1 aliphatic carbocycles. The van der Waals surface area contributed by atoms with E-state index in [9.17, 15) is 14.3 Å². The highest BCUT2D eigenvalue weighted by Gasteiger charge is 2.41. The molecule has 1 fully saturated rings. The van der Waals surface area contributed by atoms with E-state index in [0.29, 0.717) is 5.92 Å². The molecule has 1 amide bonds. The lowest BCUT2D eigenvalue weighted by Crippen LogP contribution is -2.50. The summed E-state index contributed by atoms with van der Waals surface area (Å²) in [4.78, 5) is 12.0. The van der Waals surface area contributed by atoms with Crippen LogP contribution in [-0.4, -0.2) is 23.2 Å². The van der Waals surface area contributed by atoms with Crippen molar-refractivity contribution in [1.29, 1.82) is 0 Å². The zero-order valence-corrected chi connectivity index (χ0v) is 11.8. The van der Waals surface area contributed by atoms with Crippen LogP contribution in [0.2, 0.25) is 0 Å². The Balaban J connectivity index is 2.05. The molecule has 1 atom stereocenters. The van der Waals surface area contributed by atoms with E-state index in [1.807, 2.05) is 6.92 Å². The Morgan fingerprint density at radius 2 is 2.05 bits per heavy atom. The first-order chi connectivity index (χ1) is 9.44. The van der Waals surface area contributed by atoms with Crippen LogP contribution in [0, 0.1) is 11.7 Å². The van der Waals surface area contributed by atoms with Gasteiger partial charge in [-0.15, -0.1) is 0 Å². The number of hydrogen-bond donors (Lipinski definition) is 2. The second kappa shape index (κ2) is 5.75. The molecule has 3 nitrogen and oxygen atoms in total. The third-order valence-corrected chi connectivity index (χ3v) is 3.86. The summed E-state index contributed by atoms with van der Waals surface area (Å²) in [5.74, 6) is -0.168. The number of hydrogen-bond acceptors (Lipinski definition) is 2. The number of halogens is 1. The van der Waals surface area contributed by atoms with Crippen LogP contribution < -0.4 is 5.32 Å². The summed E-state index contributed by atoms with van der Waals surface area (Å²) in [6.45, 7) is 3.61. The molecule has 0 saturated heterocycles. The molecule has 20 heavy (non-hydrogen) atoms. The van der Waals surface area contributed by atoms with E-state index in [-0.39, 0.29) is 18.3 Å². The first-order valence-electron chi connectivity index (χ1n) is 6.82. The van der Waals surface area contributed by atoms with Gasteiger partial charge in [0.1, 0.15) is 5.82 Å². The topological polar surface area (TPSA) is 49.3 Å². The van der Waals surface area contributed by atoms with Crippen LogP contribution in [0.3, 0.4) is 0 Å². The lowest BCUT2D eigenvalue weighted by molar-refractivity contribution is -0.119. The number of allylic oxidation sites excluding steroid dienone is 1. The quantitative estimate of drug-likeness (QED) is 0.812. The predicted octanol–water partition coefficient (Wildman–Crippen LogP) is 2.51. The molecule has 108 valence electrons. The van der Waals surface area contributed by atoms with Crippen LogP contribution in [-0.2, 0) is 4.79 Å². The standard InChI is InChI=1S/C16H20FNO2/c1-11(12-3-7-14(17)8-4-12)9-15(20)18-16(2,10-19)13-5-6-13/h3-4,7-9,13,19H,5-6,10H2,1-2H3,(H,18,20)/b11-9-. The van der Waals surface area contributed by atoms with Crippen LogP contribution in [0.4, 0.5) is 4.39 Å². The Morgan fingerprint density at radius 3 is 2.55 bits per heavy atom. The van der Waals surface area contributed by atoms with Crippen LogP contribution in [0.25, 0.3) is 5.57 Å². The molecule has 0 heterocycles. The lowest BCUT2D eigenvalue weighted by Gasteiger charge is -2.28. The van der Waals surface area contributed by atoms with Gasteiger partial charge >= 0.3 is 0 Å². The molecule has 1 aromatic rings. The number of benzene rings is 1. The summed E-state index contributed by atoms with van der Waals surface area (Å²) >= 11 is 0. The molecule has 0 radical (unpaired) electrons. The molecular formula is C16H20FNO2. The van der Waals surface area contributed by atoms with Gasteiger partial charge in [0, 0.05) is 6.08 Å². The fraction of sp³-hybridized carbons (Fsp3) is 0.438. The van der Waals surface area contributed by atoms with Crippen molar-refractivity contribution < 1.29 is 14.3 Å². The van der Waals surface area contributed by atoms with Gasteiger partial charge in [-0.2, -0.15) is 0 Å². The van der Waals surface area contributed by atoms with Gasteiger partial charge in [-0.3, -0.25) is 4.79 Å². The largest absolute Gasteiger partial charge is 0.394 e. The zero-order valence-electron chi connectivity index (χ0n) is 11.8. The SMILES string of the molecule is C/C(=C/C(=O)NC(C)(CO)C1CC1)c1ccc(F)cc1. The van der Waals surface area contributed by atoms with Gasteiger partial charge < -0.3 is 10.4 Å². The maximum Gasteiger partial charge on any atom is 0.244 e. The molecule has 0 aliphatic heterocycles. The van der Waals surface area contributed by atoms with Crippen molar-refractivity contribution in [3.8, 4) is 0 Å². The normalized spacial score (nSPS) is 18.5. The number of carbonyl (C=O) groups excluding carboxylic acids is 1. The maximum absolute atomic E-state index is 12.9. The fourth-order valence-corrected chi connectivity index (χ4v) is 2.30. The first-order valence-corrected chi connectivity index (χ1v) is 6.82. The zero-order chi connectivity index (χ0) is 14.8. The molecule has 1 aliphatic rings. The number of amides is 1. The predicted molar refractivity (Wildman–Crippen MR) is 76.4 cm³/mol. The van der Waals surface area contributed by atoms with E-state index in [4.69, 9.17) is 0 Å². The van der Waals surface area contributed by atoms with E-state index < -0.39 is 5.54 Å². The summed E-state index contributed by atoms with van der Waals surface area (Å²) in [6.07, 6.45) is 3.57. The minimum atomic E-state index is -0.545. The average molecular weight is 277 g/mol. The molecule has 0 spiro atoms. The highest BCUT2D eigenvalue weighted by atomic mass is 19.1. The second-order valence-electron chi connectivity index (χ2n) is 5.67. The van der Waals surface area contributed by atoms with Gasteiger partial charge in [0.15, 0.2) is 0 Å². The Bertz CT molecular complexity index is 520. The number of aliphatic hydroxyl groups excluding tert-OH is 1. The van der Waals surface area contributed by atoms with Crippen molar-refractivity contribution in [2.75, 3.05) is 6.61 Å². The molecular weight excluding hydrogens is 257 g/mol. The summed E-state index contributed by atoms with van der Waals surface area (Å²) in [5, 5.41) is 12.3. The fourth-order valence-electron chi connectivity index (χ4n) is 2.30. The van der Waals surface area contributed by atoms with E-state index in [0.717, 1.165) is 24.0 Å². The van der Waals surface area contributed by atoms with Crippen LogP contribution in [0.1, 0.15) is 32.3 Å². The van der Waals surface area contributed by atoms with E-state index >= 15 is 0 Å². The maximum atomic E-state index is 12.9. The Hall–Kier alpha value is -1.68. The van der Waals surface area contributed by atoms with E-state index in [1.54, 1.807) is 19.1 Å². The summed E-state index contributed by atoms with van der Waals surface area (Å²) in [7, 11) is 0. The van der Waals surface area contributed by atoms with E-state index in [1.165, 1.54) is 18.2 Å². The highest BCUT2D eigenvalue weighted by Crippen LogP contribution is 2.39. The number of aliphatic hydroxyl groups is 1. The molecule has 0 bridgehead atoms. The van der Waals surface area contributed by atoms with Crippen LogP contribution >= 0.6 is 0 Å². The van der Waals surface area contributed by atoms with Crippen molar-refractivity contribution in [2.24, 2.45) is 5.92 Å². The highest BCUT2D eigenvalue weighted by molar-refractivity contribution is 5.95. The first kappa shape index (κ1) is 14.7. The third kappa shape index (κ3) is 3.45. The van der Waals surface area contributed by atoms with Gasteiger partial charge in [0.2, 0.25) is 5.91 Å². The second-order valence-corrected chi connectivity index (χ2v) is 5.67. The Kier molecular flexibility index (Phi) is 4.23. The van der Waals surface area contributed by atoms with Gasteiger partial charge in [-0.05, 0) is 55.9 Å². The van der Waals surface area contributed by atoms with Crippen molar-refractivity contribution >= 4 is 11.5 Å². The number of nitrogens with one attached hydrogen (secondary N) is 1. The van der Waals surface area contributed by atoms with Crippen molar-refractivity contribution in [3.05, 3.63) is 41.7 Å². The van der Waals surface area contributed by atoms with Crippen molar-refractivity contribution in [3.63, 3.8) is 0 Å². The minimum absolute atomic E-state index is 0.0627. The lowest BCUT2D eigenvalue weighted by atomic mass is 9.96. The third-order valence-electron chi connectivity index (χ3n) is 3.86. The van der Waals surface area contributed by atoms with Crippen molar-refractivity contribution in [2.45, 2.75) is 32.2 Å². The number of rotatable bonds is 5. The number of carbonyl (C=O) groups is 1. The Labute approximate surface area is 118 Å². The molecule has 1 saturated carbocycles. The summed E-state index contributed by atoms with van der Waals surface area (Å²) < 4.78 is 12.9. The molecule has 1 aromatic carbocycles. The average Bonchev–Trinajstić information content (AvgIpc) is 3.23. The summed E-state index contributed by atoms with van der Waals surface area (Å²) in [5.41, 5.74) is 1.02. The van der Waals surface area contributed by atoms with Crippen LogP contribution in [0.5, 0.6) is 0 Å². The summed E-state index contributed by atoms with van der Waals surface area (Å²) in [6, 6.07) is 6.01.